The van der Waals surface area contributed by atoms with Gasteiger partial charge in [-0.1, -0.05) is 6.08 Å². The van der Waals surface area contributed by atoms with Gasteiger partial charge in [-0.2, -0.15) is 4.39 Å². The Labute approximate surface area is 47.2 Å². The van der Waals surface area contributed by atoms with E-state index in [9.17, 15) is 9.18 Å². The van der Waals surface area contributed by atoms with E-state index in [1.54, 1.807) is 6.08 Å². The SMILES string of the molecule is O=C(F)C1=CCCC1. The standard InChI is InChI=1S/C6H7FO/c7-6(8)5-3-1-2-4-5/h3H,1-2,4H2. The third kappa shape index (κ3) is 0.941. The van der Waals surface area contributed by atoms with Crippen LogP contribution >= 0.6 is 0 Å². The van der Waals surface area contributed by atoms with E-state index >= 15 is 0 Å². The zero-order valence-corrected chi connectivity index (χ0v) is 4.48. The van der Waals surface area contributed by atoms with Crippen LogP contribution in [0.25, 0.3) is 0 Å². The molecule has 0 amide bonds. The van der Waals surface area contributed by atoms with Crippen LogP contribution in [-0.2, 0) is 4.79 Å². The smallest absolute Gasteiger partial charge is 0.256 e. The van der Waals surface area contributed by atoms with Crippen molar-refractivity contribution in [3.63, 3.8) is 0 Å². The van der Waals surface area contributed by atoms with Gasteiger partial charge in [-0.3, -0.25) is 4.79 Å². The number of carbonyl (C=O) groups is 1. The van der Waals surface area contributed by atoms with E-state index in [-0.39, 0.29) is 0 Å². The normalized spacial score (nSPS) is 18.4. The Morgan fingerprint density at radius 3 is 2.75 bits per heavy atom. The van der Waals surface area contributed by atoms with Crippen LogP contribution in [0.15, 0.2) is 11.6 Å². The van der Waals surface area contributed by atoms with E-state index in [1.165, 1.54) is 0 Å². The average Bonchev–Trinajstić information content (AvgIpc) is 2.12. The van der Waals surface area contributed by atoms with Crippen molar-refractivity contribution >= 4 is 6.04 Å². The summed E-state index contributed by atoms with van der Waals surface area (Å²) in [6.07, 6.45) is 4.10. The molecule has 0 saturated carbocycles. The minimum absolute atomic E-state index is 0.366. The quantitative estimate of drug-likeness (QED) is 0.473. The van der Waals surface area contributed by atoms with Gasteiger partial charge < -0.3 is 0 Å². The Morgan fingerprint density at radius 2 is 2.50 bits per heavy atom. The molecular formula is C6H7FO. The lowest BCUT2D eigenvalue weighted by Crippen LogP contribution is -1.88. The average molecular weight is 114 g/mol. The maximum atomic E-state index is 11.7. The predicted molar refractivity (Wildman–Crippen MR) is 28.0 cm³/mol. The summed E-state index contributed by atoms with van der Waals surface area (Å²) in [5, 5.41) is 0. The number of carbonyl (C=O) groups excluding carboxylic acids is 1. The van der Waals surface area contributed by atoms with Crippen molar-refractivity contribution in [2.75, 3.05) is 0 Å². The van der Waals surface area contributed by atoms with Crippen LogP contribution in [0.5, 0.6) is 0 Å². The molecule has 0 N–H and O–H groups in total. The van der Waals surface area contributed by atoms with Crippen molar-refractivity contribution in [3.05, 3.63) is 11.6 Å². The van der Waals surface area contributed by atoms with Crippen LogP contribution in [0, 0.1) is 0 Å². The molecule has 1 aliphatic carbocycles. The summed E-state index contributed by atoms with van der Waals surface area (Å²) in [6.45, 7) is 0. The molecule has 0 unspecified atom stereocenters. The molecule has 0 aromatic heterocycles. The molecule has 0 saturated heterocycles. The van der Waals surface area contributed by atoms with Crippen molar-refractivity contribution in [2.24, 2.45) is 0 Å². The molecule has 0 aliphatic heterocycles. The topological polar surface area (TPSA) is 17.1 Å². The summed E-state index contributed by atoms with van der Waals surface area (Å²) in [7, 11) is 0. The Kier molecular flexibility index (Phi) is 1.42. The number of allylic oxidation sites excluding steroid dienone is 2. The van der Waals surface area contributed by atoms with E-state index in [2.05, 4.69) is 0 Å². The summed E-state index contributed by atoms with van der Waals surface area (Å²) in [5.74, 6) is 0. The van der Waals surface area contributed by atoms with Gasteiger partial charge in [0.1, 0.15) is 0 Å². The van der Waals surface area contributed by atoms with Gasteiger partial charge in [0.05, 0.1) is 0 Å². The zero-order valence-electron chi connectivity index (χ0n) is 4.48. The summed E-state index contributed by atoms with van der Waals surface area (Å²) in [4.78, 5) is 9.91. The molecule has 8 heavy (non-hydrogen) atoms. The van der Waals surface area contributed by atoms with E-state index < -0.39 is 6.04 Å². The molecule has 2 heteroatoms. The highest BCUT2D eigenvalue weighted by Crippen LogP contribution is 2.17. The van der Waals surface area contributed by atoms with Crippen LogP contribution in [0.2, 0.25) is 0 Å². The third-order valence-electron chi connectivity index (χ3n) is 1.29. The molecule has 0 heterocycles. The molecular weight excluding hydrogens is 107 g/mol. The number of hydrogen-bond donors (Lipinski definition) is 0. The summed E-state index contributed by atoms with van der Waals surface area (Å²) < 4.78 is 11.7. The minimum atomic E-state index is -1.25. The highest BCUT2D eigenvalue weighted by atomic mass is 19.1. The second-order valence-electron chi connectivity index (χ2n) is 1.90. The number of rotatable bonds is 1. The van der Waals surface area contributed by atoms with Crippen molar-refractivity contribution in [1.82, 2.24) is 0 Å². The second kappa shape index (κ2) is 2.07. The summed E-state index contributed by atoms with van der Waals surface area (Å²) in [6, 6.07) is -1.25. The molecule has 0 atom stereocenters. The highest BCUT2D eigenvalue weighted by Gasteiger charge is 2.10. The predicted octanol–water partition coefficient (Wildman–Crippen LogP) is 1.59. The van der Waals surface area contributed by atoms with Gasteiger partial charge in [0.2, 0.25) is 0 Å². The molecule has 0 spiro atoms. The summed E-state index contributed by atoms with van der Waals surface area (Å²) in [5.41, 5.74) is 0.366. The van der Waals surface area contributed by atoms with Gasteiger partial charge in [-0.25, -0.2) is 0 Å². The Hall–Kier alpha value is -0.660. The zero-order chi connectivity index (χ0) is 5.98. The lowest BCUT2D eigenvalue weighted by Gasteiger charge is -1.84. The van der Waals surface area contributed by atoms with Crippen molar-refractivity contribution in [3.8, 4) is 0 Å². The van der Waals surface area contributed by atoms with Gasteiger partial charge in [-0.05, 0) is 19.3 Å². The van der Waals surface area contributed by atoms with Crippen LogP contribution in [0.1, 0.15) is 19.3 Å². The maximum absolute atomic E-state index is 11.7. The van der Waals surface area contributed by atoms with Crippen molar-refractivity contribution in [1.29, 1.82) is 0 Å². The van der Waals surface area contributed by atoms with E-state index in [1.807, 2.05) is 0 Å². The monoisotopic (exact) mass is 114 g/mol. The fourth-order valence-corrected chi connectivity index (χ4v) is 0.849. The Bertz CT molecular complexity index is 137. The van der Waals surface area contributed by atoms with Crippen LogP contribution in [0.4, 0.5) is 4.39 Å². The van der Waals surface area contributed by atoms with Crippen LogP contribution in [0.3, 0.4) is 0 Å². The van der Waals surface area contributed by atoms with E-state index in [4.69, 9.17) is 0 Å². The molecule has 44 valence electrons. The van der Waals surface area contributed by atoms with E-state index in [0.29, 0.717) is 12.0 Å². The Balaban J connectivity index is 2.57. The molecule has 1 nitrogen and oxygen atoms in total. The van der Waals surface area contributed by atoms with Crippen LogP contribution < -0.4 is 0 Å². The van der Waals surface area contributed by atoms with Gasteiger partial charge in [0.25, 0.3) is 0 Å². The molecule has 0 fully saturated rings. The lowest BCUT2D eigenvalue weighted by atomic mass is 10.2. The van der Waals surface area contributed by atoms with Gasteiger partial charge in [0.15, 0.2) is 0 Å². The molecule has 0 aromatic rings. The first-order chi connectivity index (χ1) is 3.80. The molecule has 1 rings (SSSR count). The molecule has 0 bridgehead atoms. The van der Waals surface area contributed by atoms with Gasteiger partial charge >= 0.3 is 6.04 Å². The largest absolute Gasteiger partial charge is 0.327 e. The molecule has 1 aliphatic rings. The van der Waals surface area contributed by atoms with Gasteiger partial charge in [0, 0.05) is 5.57 Å². The first-order valence-electron chi connectivity index (χ1n) is 2.69. The fraction of sp³-hybridized carbons (Fsp3) is 0.500. The second-order valence-corrected chi connectivity index (χ2v) is 1.90. The van der Waals surface area contributed by atoms with Crippen molar-refractivity contribution < 1.29 is 9.18 Å². The minimum Gasteiger partial charge on any atom is -0.256 e. The molecule has 0 radical (unpaired) electrons. The Morgan fingerprint density at radius 1 is 1.75 bits per heavy atom. The first-order valence-corrected chi connectivity index (χ1v) is 2.69. The van der Waals surface area contributed by atoms with Crippen molar-refractivity contribution in [2.45, 2.75) is 19.3 Å². The third-order valence-corrected chi connectivity index (χ3v) is 1.29. The molecule has 0 aromatic carbocycles. The number of hydrogen-bond acceptors (Lipinski definition) is 1. The summed E-state index contributed by atoms with van der Waals surface area (Å²) >= 11 is 0. The van der Waals surface area contributed by atoms with Crippen LogP contribution in [-0.4, -0.2) is 6.04 Å². The first kappa shape index (κ1) is 5.48. The lowest BCUT2D eigenvalue weighted by molar-refractivity contribution is -0.125. The van der Waals surface area contributed by atoms with E-state index in [0.717, 1.165) is 12.8 Å². The van der Waals surface area contributed by atoms with Gasteiger partial charge in [-0.15, -0.1) is 0 Å². The highest BCUT2D eigenvalue weighted by molar-refractivity contribution is 5.87. The number of halogens is 1. The fourth-order valence-electron chi connectivity index (χ4n) is 0.849. The maximum Gasteiger partial charge on any atom is 0.327 e.